The van der Waals surface area contributed by atoms with Gasteiger partial charge in [0.1, 0.15) is 11.6 Å². The third-order valence-corrected chi connectivity index (χ3v) is 6.13. The Labute approximate surface area is 179 Å². The molecule has 0 aliphatic carbocycles. The molecule has 0 N–H and O–H groups in total. The minimum Gasteiger partial charge on any atom is -0.494 e. The molecule has 0 spiro atoms. The van der Waals surface area contributed by atoms with Crippen molar-refractivity contribution in [1.82, 2.24) is 14.8 Å². The molecule has 0 aliphatic heterocycles. The molecule has 1 aromatic heterocycles. The van der Waals surface area contributed by atoms with Crippen molar-refractivity contribution in [3.05, 3.63) is 78.1 Å². The number of nitrogens with zero attached hydrogens (tertiary/aromatic N) is 3. The smallest absolute Gasteiger partial charge is 0.191 e. The summed E-state index contributed by atoms with van der Waals surface area (Å²) in [5.41, 5.74) is 0. The number of thioether (sulfide) groups is 2. The summed E-state index contributed by atoms with van der Waals surface area (Å²) in [5, 5.41) is 10.4. The van der Waals surface area contributed by atoms with Crippen molar-refractivity contribution in [3.63, 3.8) is 0 Å². The molecule has 28 heavy (non-hydrogen) atoms. The Bertz CT molecular complexity index is 869. The molecule has 1 heterocycles. The summed E-state index contributed by atoms with van der Waals surface area (Å²) in [5.74, 6) is 3.50. The number of hydrogen-bond acceptors (Lipinski definition) is 5. The Balaban J connectivity index is 1.48. The minimum absolute atomic E-state index is 0.654. The van der Waals surface area contributed by atoms with E-state index in [4.69, 9.17) is 16.3 Å². The molecule has 3 rings (SSSR count). The first-order chi connectivity index (χ1) is 13.8. The topological polar surface area (TPSA) is 39.9 Å². The van der Waals surface area contributed by atoms with Gasteiger partial charge >= 0.3 is 0 Å². The Hall–Kier alpha value is -1.89. The number of ether oxygens (including phenoxy) is 1. The van der Waals surface area contributed by atoms with Crippen LogP contribution in [0.1, 0.15) is 12.2 Å². The maximum atomic E-state index is 5.88. The molecular formula is C21H22ClN3OS2. The van der Waals surface area contributed by atoms with Crippen LogP contribution in [0.2, 0.25) is 5.02 Å². The molecule has 4 nitrogen and oxygen atoms in total. The molecule has 3 aromatic rings. The lowest BCUT2D eigenvalue weighted by atomic mass is 10.3. The van der Waals surface area contributed by atoms with Crippen LogP contribution in [0.15, 0.2) is 77.3 Å². The number of hydrogen-bond donors (Lipinski definition) is 0. The van der Waals surface area contributed by atoms with Gasteiger partial charge in [-0.1, -0.05) is 47.6 Å². The van der Waals surface area contributed by atoms with Crippen molar-refractivity contribution in [2.45, 2.75) is 28.8 Å². The summed E-state index contributed by atoms with van der Waals surface area (Å²) in [4.78, 5) is 1.23. The minimum atomic E-state index is 0.654. The molecule has 0 bridgehead atoms. The predicted octanol–water partition coefficient (Wildman–Crippen LogP) is 5.97. The van der Waals surface area contributed by atoms with Gasteiger partial charge in [-0.25, -0.2) is 0 Å². The molecule has 0 unspecified atom stereocenters. The molecule has 0 saturated carbocycles. The van der Waals surface area contributed by atoms with Crippen LogP contribution < -0.4 is 4.74 Å². The van der Waals surface area contributed by atoms with E-state index in [0.29, 0.717) is 18.2 Å². The van der Waals surface area contributed by atoms with Crippen LogP contribution >= 0.6 is 35.1 Å². The van der Waals surface area contributed by atoms with Gasteiger partial charge in [0, 0.05) is 22.2 Å². The fraction of sp³-hybridized carbons (Fsp3) is 0.238. The number of allylic oxidation sites excluding steroid dienone is 1. The van der Waals surface area contributed by atoms with E-state index in [9.17, 15) is 0 Å². The molecule has 0 fully saturated rings. The summed E-state index contributed by atoms with van der Waals surface area (Å²) in [6.07, 6.45) is 2.80. The van der Waals surface area contributed by atoms with Crippen LogP contribution in [0.25, 0.3) is 0 Å². The van der Waals surface area contributed by atoms with Gasteiger partial charge in [0.05, 0.1) is 12.4 Å². The van der Waals surface area contributed by atoms with Gasteiger partial charge in [0.2, 0.25) is 0 Å². The van der Waals surface area contributed by atoms with Crippen LogP contribution in [0.3, 0.4) is 0 Å². The molecule has 0 aliphatic rings. The number of aromatic nitrogens is 3. The fourth-order valence-corrected chi connectivity index (χ4v) is 4.32. The second-order valence-corrected chi connectivity index (χ2v) is 8.45. The highest BCUT2D eigenvalue weighted by Gasteiger charge is 2.12. The highest BCUT2D eigenvalue weighted by Crippen LogP contribution is 2.25. The Morgan fingerprint density at radius 1 is 1.04 bits per heavy atom. The standard InChI is InChI=1S/C21H22ClN3OS2/c1-2-13-25-20(16-28-19-7-4-3-5-8-19)23-24-21(25)27-15-6-14-26-18-11-9-17(22)10-12-18/h2-5,7-12H,1,6,13-16H2. The first-order valence-electron chi connectivity index (χ1n) is 8.98. The summed E-state index contributed by atoms with van der Waals surface area (Å²) < 4.78 is 7.87. The monoisotopic (exact) mass is 431 g/mol. The lowest BCUT2D eigenvalue weighted by Crippen LogP contribution is -2.04. The summed E-state index contributed by atoms with van der Waals surface area (Å²) >= 11 is 9.34. The van der Waals surface area contributed by atoms with E-state index < -0.39 is 0 Å². The molecule has 7 heteroatoms. The van der Waals surface area contributed by atoms with Crippen molar-refractivity contribution in [2.24, 2.45) is 0 Å². The quantitative estimate of drug-likeness (QED) is 0.212. The van der Waals surface area contributed by atoms with E-state index in [-0.39, 0.29) is 0 Å². The van der Waals surface area contributed by atoms with Crippen molar-refractivity contribution < 1.29 is 4.74 Å². The molecular weight excluding hydrogens is 410 g/mol. The average molecular weight is 432 g/mol. The van der Waals surface area contributed by atoms with Crippen LogP contribution in [-0.2, 0) is 12.3 Å². The van der Waals surface area contributed by atoms with Gasteiger partial charge in [-0.15, -0.1) is 28.5 Å². The molecule has 0 atom stereocenters. The van der Waals surface area contributed by atoms with E-state index >= 15 is 0 Å². The number of benzene rings is 2. The third-order valence-electron chi connectivity index (χ3n) is 3.82. The zero-order valence-corrected chi connectivity index (χ0v) is 17.8. The first kappa shape index (κ1) is 20.8. The van der Waals surface area contributed by atoms with E-state index in [1.54, 1.807) is 23.5 Å². The Kier molecular flexibility index (Phi) is 8.33. The van der Waals surface area contributed by atoms with Crippen LogP contribution in [0, 0.1) is 0 Å². The Morgan fingerprint density at radius 3 is 2.57 bits per heavy atom. The average Bonchev–Trinajstić information content (AvgIpc) is 3.10. The van der Waals surface area contributed by atoms with Gasteiger partial charge < -0.3 is 9.30 Å². The molecule has 2 aromatic carbocycles. The number of halogens is 1. The molecule has 0 amide bonds. The van der Waals surface area contributed by atoms with E-state index in [2.05, 4.69) is 33.5 Å². The second-order valence-electron chi connectivity index (χ2n) is 5.90. The Morgan fingerprint density at radius 2 is 1.82 bits per heavy atom. The van der Waals surface area contributed by atoms with Crippen molar-refractivity contribution in [3.8, 4) is 5.75 Å². The van der Waals surface area contributed by atoms with E-state index in [0.717, 1.165) is 34.7 Å². The lowest BCUT2D eigenvalue weighted by molar-refractivity contribution is 0.318. The van der Waals surface area contributed by atoms with Gasteiger partial charge in [-0.3, -0.25) is 0 Å². The predicted molar refractivity (Wildman–Crippen MR) is 119 cm³/mol. The largest absolute Gasteiger partial charge is 0.494 e. The van der Waals surface area contributed by atoms with Crippen LogP contribution in [0.5, 0.6) is 5.75 Å². The fourth-order valence-electron chi connectivity index (χ4n) is 2.45. The number of rotatable bonds is 11. The summed E-state index contributed by atoms with van der Waals surface area (Å²) in [7, 11) is 0. The van der Waals surface area contributed by atoms with E-state index in [1.807, 2.05) is 48.5 Å². The molecule has 146 valence electrons. The zero-order chi connectivity index (χ0) is 19.6. The van der Waals surface area contributed by atoms with Gasteiger partial charge in [-0.2, -0.15) is 0 Å². The summed E-state index contributed by atoms with van der Waals surface area (Å²) in [6, 6.07) is 17.8. The van der Waals surface area contributed by atoms with Crippen LogP contribution in [-0.4, -0.2) is 27.1 Å². The first-order valence-corrected chi connectivity index (χ1v) is 11.3. The normalized spacial score (nSPS) is 10.8. The highest BCUT2D eigenvalue weighted by atomic mass is 35.5. The zero-order valence-electron chi connectivity index (χ0n) is 15.5. The SMILES string of the molecule is C=CCn1c(CSc2ccccc2)nnc1SCCCOc1ccc(Cl)cc1. The maximum absolute atomic E-state index is 5.88. The summed E-state index contributed by atoms with van der Waals surface area (Å²) in [6.45, 7) is 5.23. The van der Waals surface area contributed by atoms with Crippen LogP contribution in [0.4, 0.5) is 0 Å². The third kappa shape index (κ3) is 6.33. The van der Waals surface area contributed by atoms with Crippen molar-refractivity contribution in [1.29, 1.82) is 0 Å². The van der Waals surface area contributed by atoms with Crippen molar-refractivity contribution in [2.75, 3.05) is 12.4 Å². The maximum Gasteiger partial charge on any atom is 0.191 e. The highest BCUT2D eigenvalue weighted by molar-refractivity contribution is 7.99. The second kappa shape index (κ2) is 11.2. The van der Waals surface area contributed by atoms with Gasteiger partial charge in [0.25, 0.3) is 0 Å². The van der Waals surface area contributed by atoms with Crippen molar-refractivity contribution >= 4 is 35.1 Å². The lowest BCUT2D eigenvalue weighted by Gasteiger charge is -2.08. The molecule has 0 saturated heterocycles. The van der Waals surface area contributed by atoms with Gasteiger partial charge in [-0.05, 0) is 42.8 Å². The van der Waals surface area contributed by atoms with E-state index in [1.165, 1.54) is 4.90 Å². The molecule has 0 radical (unpaired) electrons. The van der Waals surface area contributed by atoms with Gasteiger partial charge in [0.15, 0.2) is 5.16 Å².